The van der Waals surface area contributed by atoms with Crippen LogP contribution in [0.4, 0.5) is 0 Å². The van der Waals surface area contributed by atoms with Crippen LogP contribution in [0.25, 0.3) is 0 Å². The van der Waals surface area contributed by atoms with Crippen molar-refractivity contribution in [2.45, 2.75) is 25.8 Å². The number of rotatable bonds is 9. The van der Waals surface area contributed by atoms with Gasteiger partial charge in [-0.2, -0.15) is 0 Å². The van der Waals surface area contributed by atoms with Crippen LogP contribution >= 0.6 is 11.3 Å². The summed E-state index contributed by atoms with van der Waals surface area (Å²) in [4.78, 5) is 13.3. The van der Waals surface area contributed by atoms with Gasteiger partial charge in [0.05, 0.1) is 21.3 Å². The maximum absolute atomic E-state index is 12.0. The standard InChI is InChI=1S/C18H23NO4S/c1-21-15-10-13(11-16(22-2)18(15)23-3)12-19-17(20)8-4-6-14-7-5-9-24-14/h5,7,9-11H,4,6,8,12H2,1-3H3,(H,19,20). The van der Waals surface area contributed by atoms with Crippen molar-refractivity contribution in [3.05, 3.63) is 40.1 Å². The number of methoxy groups -OCH3 is 3. The van der Waals surface area contributed by atoms with E-state index in [4.69, 9.17) is 14.2 Å². The molecule has 0 aliphatic carbocycles. The third kappa shape index (κ3) is 4.89. The van der Waals surface area contributed by atoms with Gasteiger partial charge >= 0.3 is 0 Å². The zero-order valence-corrected chi connectivity index (χ0v) is 15.1. The van der Waals surface area contributed by atoms with E-state index >= 15 is 0 Å². The fourth-order valence-corrected chi connectivity index (χ4v) is 3.16. The Morgan fingerprint density at radius 2 is 1.83 bits per heavy atom. The second-order valence-corrected chi connectivity index (χ2v) is 6.28. The monoisotopic (exact) mass is 349 g/mol. The van der Waals surface area contributed by atoms with Gasteiger partial charge in [-0.25, -0.2) is 0 Å². The predicted molar refractivity (Wildman–Crippen MR) is 95.2 cm³/mol. The summed E-state index contributed by atoms with van der Waals surface area (Å²) in [6.07, 6.45) is 2.30. The van der Waals surface area contributed by atoms with Crippen LogP contribution in [0.1, 0.15) is 23.3 Å². The van der Waals surface area contributed by atoms with Gasteiger partial charge in [-0.05, 0) is 42.0 Å². The Morgan fingerprint density at radius 1 is 1.12 bits per heavy atom. The number of ether oxygens (including phenoxy) is 3. The van der Waals surface area contributed by atoms with E-state index in [1.54, 1.807) is 32.7 Å². The molecule has 0 aliphatic rings. The summed E-state index contributed by atoms with van der Waals surface area (Å²) < 4.78 is 15.9. The Morgan fingerprint density at radius 3 is 2.38 bits per heavy atom. The van der Waals surface area contributed by atoms with E-state index in [1.807, 2.05) is 18.2 Å². The molecule has 0 atom stereocenters. The SMILES string of the molecule is COc1cc(CNC(=O)CCCc2cccs2)cc(OC)c1OC. The molecule has 130 valence electrons. The van der Waals surface area contributed by atoms with E-state index in [-0.39, 0.29) is 5.91 Å². The summed E-state index contributed by atoms with van der Waals surface area (Å²) in [5.74, 6) is 1.75. The normalized spacial score (nSPS) is 10.3. The minimum atomic E-state index is 0.0420. The van der Waals surface area contributed by atoms with Gasteiger partial charge in [-0.3, -0.25) is 4.79 Å². The largest absolute Gasteiger partial charge is 0.493 e. The second-order valence-electron chi connectivity index (χ2n) is 5.24. The molecule has 0 fully saturated rings. The molecule has 0 aliphatic heterocycles. The molecule has 0 radical (unpaired) electrons. The number of carbonyl (C=O) groups is 1. The van der Waals surface area contributed by atoms with Crippen molar-refractivity contribution in [1.29, 1.82) is 0 Å². The zero-order valence-electron chi connectivity index (χ0n) is 14.3. The van der Waals surface area contributed by atoms with Crippen molar-refractivity contribution in [2.24, 2.45) is 0 Å². The number of benzene rings is 1. The quantitative estimate of drug-likeness (QED) is 0.754. The Hall–Kier alpha value is -2.21. The van der Waals surface area contributed by atoms with Crippen molar-refractivity contribution < 1.29 is 19.0 Å². The van der Waals surface area contributed by atoms with Crippen LogP contribution in [0.15, 0.2) is 29.6 Å². The van der Waals surface area contributed by atoms with Gasteiger partial charge in [-0.15, -0.1) is 11.3 Å². The van der Waals surface area contributed by atoms with Gasteiger partial charge in [0.2, 0.25) is 11.7 Å². The lowest BCUT2D eigenvalue weighted by Gasteiger charge is -2.14. The van der Waals surface area contributed by atoms with Crippen LogP contribution in [-0.4, -0.2) is 27.2 Å². The molecule has 2 aromatic rings. The lowest BCUT2D eigenvalue weighted by molar-refractivity contribution is -0.121. The molecule has 1 amide bonds. The zero-order chi connectivity index (χ0) is 17.4. The minimum absolute atomic E-state index is 0.0420. The van der Waals surface area contributed by atoms with Gasteiger partial charge in [-0.1, -0.05) is 6.07 Å². The van der Waals surface area contributed by atoms with Gasteiger partial charge in [0.15, 0.2) is 11.5 Å². The average molecular weight is 349 g/mol. The van der Waals surface area contributed by atoms with Gasteiger partial charge in [0, 0.05) is 17.8 Å². The topological polar surface area (TPSA) is 56.8 Å². The highest BCUT2D eigenvalue weighted by Gasteiger charge is 2.13. The second kappa shape index (κ2) is 9.17. The third-order valence-electron chi connectivity index (χ3n) is 3.62. The number of amides is 1. The number of hydrogen-bond acceptors (Lipinski definition) is 5. The number of hydrogen-bond donors (Lipinski definition) is 1. The Balaban J connectivity index is 1.87. The molecule has 0 spiro atoms. The predicted octanol–water partition coefficient (Wildman–Crippen LogP) is 3.41. The summed E-state index contributed by atoms with van der Waals surface area (Å²) in [5.41, 5.74) is 0.899. The molecule has 6 heteroatoms. The van der Waals surface area contributed by atoms with Crippen LogP contribution in [0.3, 0.4) is 0 Å². The molecule has 1 aromatic carbocycles. The van der Waals surface area contributed by atoms with E-state index in [0.29, 0.717) is 30.2 Å². The van der Waals surface area contributed by atoms with Crippen LogP contribution in [0.5, 0.6) is 17.2 Å². The molecule has 0 saturated heterocycles. The molecule has 1 N–H and O–H groups in total. The molecule has 5 nitrogen and oxygen atoms in total. The number of carbonyl (C=O) groups excluding carboxylic acids is 1. The Labute approximate surface area is 146 Å². The summed E-state index contributed by atoms with van der Waals surface area (Å²) in [5, 5.41) is 4.99. The molecular formula is C18H23NO4S. The van der Waals surface area contributed by atoms with E-state index in [2.05, 4.69) is 16.8 Å². The molecule has 24 heavy (non-hydrogen) atoms. The summed E-state index contributed by atoms with van der Waals surface area (Å²) >= 11 is 1.73. The lowest BCUT2D eigenvalue weighted by atomic mass is 10.1. The first kappa shape index (κ1) is 18.1. The van der Waals surface area contributed by atoms with Crippen molar-refractivity contribution in [2.75, 3.05) is 21.3 Å². The average Bonchev–Trinajstić information content (AvgIpc) is 3.12. The van der Waals surface area contributed by atoms with Crippen molar-refractivity contribution in [3.8, 4) is 17.2 Å². The van der Waals surface area contributed by atoms with Crippen molar-refractivity contribution in [1.82, 2.24) is 5.32 Å². The maximum atomic E-state index is 12.0. The van der Waals surface area contributed by atoms with Crippen molar-refractivity contribution in [3.63, 3.8) is 0 Å². The van der Waals surface area contributed by atoms with E-state index < -0.39 is 0 Å². The highest BCUT2D eigenvalue weighted by molar-refractivity contribution is 7.09. The summed E-state index contributed by atoms with van der Waals surface area (Å²) in [6.45, 7) is 0.425. The first-order chi connectivity index (χ1) is 11.7. The maximum Gasteiger partial charge on any atom is 0.220 e. The molecular weight excluding hydrogens is 326 g/mol. The van der Waals surface area contributed by atoms with E-state index in [1.165, 1.54) is 4.88 Å². The first-order valence-corrected chi connectivity index (χ1v) is 8.63. The first-order valence-electron chi connectivity index (χ1n) is 7.76. The fraction of sp³-hybridized carbons (Fsp3) is 0.389. The number of aryl methyl sites for hydroxylation is 1. The summed E-state index contributed by atoms with van der Waals surface area (Å²) in [6, 6.07) is 7.81. The van der Waals surface area contributed by atoms with Crippen molar-refractivity contribution >= 4 is 17.2 Å². The van der Waals surface area contributed by atoms with E-state index in [9.17, 15) is 4.79 Å². The Kier molecular flexibility index (Phi) is 6.93. The van der Waals surface area contributed by atoms with Crippen LogP contribution in [0.2, 0.25) is 0 Å². The molecule has 1 aromatic heterocycles. The van der Waals surface area contributed by atoms with Crippen LogP contribution < -0.4 is 19.5 Å². The van der Waals surface area contributed by atoms with Crippen LogP contribution in [0, 0.1) is 0 Å². The highest BCUT2D eigenvalue weighted by Crippen LogP contribution is 2.38. The molecule has 0 saturated carbocycles. The van der Waals surface area contributed by atoms with Crippen LogP contribution in [-0.2, 0) is 17.8 Å². The Bertz CT molecular complexity index is 630. The minimum Gasteiger partial charge on any atom is -0.493 e. The fourth-order valence-electron chi connectivity index (χ4n) is 2.40. The molecule has 2 rings (SSSR count). The number of nitrogens with one attached hydrogen (secondary N) is 1. The van der Waals surface area contributed by atoms with Gasteiger partial charge in [0.25, 0.3) is 0 Å². The van der Waals surface area contributed by atoms with Gasteiger partial charge < -0.3 is 19.5 Å². The van der Waals surface area contributed by atoms with Gasteiger partial charge in [0.1, 0.15) is 0 Å². The summed E-state index contributed by atoms with van der Waals surface area (Å²) in [7, 11) is 4.71. The van der Waals surface area contributed by atoms with E-state index in [0.717, 1.165) is 18.4 Å². The smallest absolute Gasteiger partial charge is 0.220 e. The molecule has 1 heterocycles. The lowest BCUT2D eigenvalue weighted by Crippen LogP contribution is -2.22. The highest BCUT2D eigenvalue weighted by atomic mass is 32.1. The number of thiophene rings is 1. The molecule has 0 bridgehead atoms. The third-order valence-corrected chi connectivity index (χ3v) is 4.56. The molecule has 0 unspecified atom stereocenters.